The number of allylic oxidation sites excluding steroid dienone is 4. The van der Waals surface area contributed by atoms with Crippen molar-refractivity contribution in [1.82, 2.24) is 0 Å². The van der Waals surface area contributed by atoms with Crippen LogP contribution in [0.15, 0.2) is 28.7 Å². The van der Waals surface area contributed by atoms with Gasteiger partial charge in [-0.15, -0.1) is 0 Å². The van der Waals surface area contributed by atoms with Gasteiger partial charge in [0.1, 0.15) is 31.3 Å². The average Bonchev–Trinajstić information content (AvgIpc) is 3.46. The lowest BCUT2D eigenvalue weighted by atomic mass is 10.0. The van der Waals surface area contributed by atoms with Crippen LogP contribution in [0.25, 0.3) is 0 Å². The summed E-state index contributed by atoms with van der Waals surface area (Å²) in [4.78, 5) is 49.5. The molecule has 0 saturated heterocycles. The van der Waals surface area contributed by atoms with Crippen LogP contribution >= 0.6 is 7.82 Å². The van der Waals surface area contributed by atoms with Crippen molar-refractivity contribution >= 4 is 25.5 Å². The maximum absolute atomic E-state index is 12.8. The SMILES string of the molecule is CCCCCC(=O)/C=C/C=C\CCCCCCCC(=O)OC[C@H](COP(=O)([O-])OCC[N+](C)(C)C)OC(=O)CCCCCCCCCCc1oc(CCCCC)c(C)c1C. The summed E-state index contributed by atoms with van der Waals surface area (Å²) >= 11 is 0. The second-order valence-electron chi connectivity index (χ2n) is 17.4. The van der Waals surface area contributed by atoms with Crippen LogP contribution in [0.1, 0.15) is 184 Å². The minimum absolute atomic E-state index is 0.0520. The van der Waals surface area contributed by atoms with E-state index >= 15 is 0 Å². The van der Waals surface area contributed by atoms with E-state index in [2.05, 4.69) is 33.8 Å². The number of unbranched alkanes of at least 4 members (excludes halogenated alkanes) is 16. The Morgan fingerprint density at radius 3 is 1.78 bits per heavy atom. The van der Waals surface area contributed by atoms with E-state index in [1.54, 1.807) is 6.08 Å². The van der Waals surface area contributed by atoms with Crippen LogP contribution in [-0.2, 0) is 50.3 Å². The van der Waals surface area contributed by atoms with Crippen LogP contribution in [0.4, 0.5) is 0 Å². The highest BCUT2D eigenvalue weighted by Crippen LogP contribution is 2.38. The van der Waals surface area contributed by atoms with Crippen LogP contribution < -0.4 is 4.89 Å². The summed E-state index contributed by atoms with van der Waals surface area (Å²) < 4.78 is 40.2. The monoisotopic (exact) mass is 866 g/mol. The number of esters is 2. The molecule has 0 aliphatic rings. The van der Waals surface area contributed by atoms with Gasteiger partial charge in [0.25, 0.3) is 7.82 Å². The van der Waals surface area contributed by atoms with Crippen LogP contribution in [0, 0.1) is 13.8 Å². The Balaban J connectivity index is 2.37. The normalized spacial score (nSPS) is 13.6. The number of carbonyl (C=O) groups excluding carboxylic acids is 3. The number of hydrogen-bond acceptors (Lipinski definition) is 10. The van der Waals surface area contributed by atoms with Gasteiger partial charge in [0, 0.05) is 32.1 Å². The fourth-order valence-electron chi connectivity index (χ4n) is 6.64. The van der Waals surface area contributed by atoms with E-state index in [-0.39, 0.29) is 31.8 Å². The largest absolute Gasteiger partial charge is 0.756 e. The lowest BCUT2D eigenvalue weighted by Gasteiger charge is -2.28. The van der Waals surface area contributed by atoms with Crippen molar-refractivity contribution in [3.63, 3.8) is 0 Å². The first kappa shape index (κ1) is 55.5. The lowest BCUT2D eigenvalue weighted by molar-refractivity contribution is -0.870. The van der Waals surface area contributed by atoms with Crippen LogP contribution in [0.3, 0.4) is 0 Å². The summed E-state index contributed by atoms with van der Waals surface area (Å²) in [7, 11) is 1.09. The molecule has 0 amide bonds. The fourth-order valence-corrected chi connectivity index (χ4v) is 7.37. The summed E-state index contributed by atoms with van der Waals surface area (Å²) in [6.45, 7) is 8.32. The molecule has 60 heavy (non-hydrogen) atoms. The summed E-state index contributed by atoms with van der Waals surface area (Å²) in [5.74, 6) is 1.58. The third kappa shape index (κ3) is 30.5. The molecule has 1 unspecified atom stereocenters. The number of phosphoric ester groups is 1. The van der Waals surface area contributed by atoms with Crippen molar-refractivity contribution < 1.29 is 51.3 Å². The van der Waals surface area contributed by atoms with Gasteiger partial charge in [-0.3, -0.25) is 18.9 Å². The number of ketones is 1. The molecule has 0 saturated carbocycles. The zero-order chi connectivity index (χ0) is 44.5. The van der Waals surface area contributed by atoms with Gasteiger partial charge in [-0.05, 0) is 76.0 Å². The molecule has 0 radical (unpaired) electrons. The minimum Gasteiger partial charge on any atom is -0.756 e. The van der Waals surface area contributed by atoms with Gasteiger partial charge in [0.15, 0.2) is 11.9 Å². The summed E-state index contributed by atoms with van der Waals surface area (Å²) in [5, 5.41) is 0. The molecule has 0 fully saturated rings. The second-order valence-corrected chi connectivity index (χ2v) is 18.8. The second kappa shape index (κ2) is 34.0. The third-order valence-electron chi connectivity index (χ3n) is 10.7. The number of furan rings is 1. The molecular formula is C48H84NO10P. The number of nitrogens with zero attached hydrogens (tertiary/aromatic N) is 1. The Bertz CT molecular complexity index is 1410. The zero-order valence-electron chi connectivity index (χ0n) is 38.9. The molecule has 346 valence electrons. The molecule has 0 bridgehead atoms. The molecule has 0 aliphatic heterocycles. The van der Waals surface area contributed by atoms with Crippen LogP contribution in [0.5, 0.6) is 0 Å². The van der Waals surface area contributed by atoms with E-state index in [1.807, 2.05) is 33.3 Å². The molecule has 11 nitrogen and oxygen atoms in total. The van der Waals surface area contributed by atoms with Gasteiger partial charge in [-0.25, -0.2) is 0 Å². The lowest BCUT2D eigenvalue weighted by Crippen LogP contribution is -2.37. The maximum atomic E-state index is 12.8. The van der Waals surface area contributed by atoms with E-state index in [9.17, 15) is 23.8 Å². The predicted molar refractivity (Wildman–Crippen MR) is 240 cm³/mol. The highest BCUT2D eigenvalue weighted by molar-refractivity contribution is 7.45. The molecule has 0 aliphatic carbocycles. The number of ether oxygens (including phenoxy) is 2. The highest BCUT2D eigenvalue weighted by Gasteiger charge is 2.22. The Hall–Kier alpha value is -2.56. The van der Waals surface area contributed by atoms with E-state index in [0.29, 0.717) is 30.3 Å². The first-order valence-electron chi connectivity index (χ1n) is 23.4. The number of phosphoric acid groups is 1. The first-order valence-corrected chi connectivity index (χ1v) is 24.8. The van der Waals surface area contributed by atoms with Gasteiger partial charge in [-0.2, -0.15) is 0 Å². The molecule has 1 heterocycles. The molecule has 1 rings (SSSR count). The predicted octanol–water partition coefficient (Wildman–Crippen LogP) is 11.3. The van der Waals surface area contributed by atoms with Gasteiger partial charge in [-0.1, -0.05) is 116 Å². The summed E-state index contributed by atoms with van der Waals surface area (Å²) in [5.41, 5.74) is 2.64. The molecule has 2 atom stereocenters. The van der Waals surface area contributed by atoms with Crippen molar-refractivity contribution in [1.29, 1.82) is 0 Å². The molecule has 0 N–H and O–H groups in total. The number of carbonyl (C=O) groups is 3. The van der Waals surface area contributed by atoms with Gasteiger partial charge in [0.2, 0.25) is 0 Å². The highest BCUT2D eigenvalue weighted by atomic mass is 31.2. The van der Waals surface area contributed by atoms with E-state index in [4.69, 9.17) is 22.9 Å². The number of likely N-dealkylation sites (N-methyl/N-ethyl adjacent to an activating group) is 1. The standard InChI is InChI=1S/C48H84NO10P/c1-8-10-25-31-43(50)32-27-21-17-13-12-14-19-23-29-35-47(51)55-39-44(40-57-60(53,54)56-38-37-49(5,6)7)58-48(52)36-30-24-20-16-15-18-22-28-34-46-42(4)41(3)45(59-46)33-26-11-9-2/h17,21,27,32,44H,8-16,18-20,22-26,28-31,33-40H2,1-7H3/b21-17-,32-27+/t44-/m1/s1. The van der Waals surface area contributed by atoms with Crippen LogP contribution in [0.2, 0.25) is 0 Å². The quantitative estimate of drug-likeness (QED) is 0.0157. The number of hydrogen-bond donors (Lipinski definition) is 0. The molecular weight excluding hydrogens is 781 g/mol. The number of aryl methyl sites for hydroxylation is 2. The van der Waals surface area contributed by atoms with Crippen molar-refractivity contribution in [2.24, 2.45) is 0 Å². The van der Waals surface area contributed by atoms with Gasteiger partial charge in [0.05, 0.1) is 27.7 Å². The third-order valence-corrected chi connectivity index (χ3v) is 11.6. The van der Waals surface area contributed by atoms with Gasteiger partial charge >= 0.3 is 11.9 Å². The number of rotatable bonds is 39. The molecule has 0 aromatic carbocycles. The smallest absolute Gasteiger partial charge is 0.306 e. The molecule has 1 aromatic rings. The zero-order valence-corrected chi connectivity index (χ0v) is 39.8. The molecule has 12 heteroatoms. The Morgan fingerprint density at radius 2 is 1.18 bits per heavy atom. The number of quaternary nitrogens is 1. The molecule has 0 spiro atoms. The maximum Gasteiger partial charge on any atom is 0.306 e. The topological polar surface area (TPSA) is 141 Å². The molecule has 1 aromatic heterocycles. The van der Waals surface area contributed by atoms with E-state index in [1.165, 1.54) is 49.0 Å². The van der Waals surface area contributed by atoms with Gasteiger partial charge < -0.3 is 32.3 Å². The Labute approximate surface area is 364 Å². The minimum atomic E-state index is -4.66. The van der Waals surface area contributed by atoms with Crippen molar-refractivity contribution in [2.45, 2.75) is 194 Å². The van der Waals surface area contributed by atoms with E-state index < -0.39 is 32.5 Å². The van der Waals surface area contributed by atoms with Crippen molar-refractivity contribution in [3.8, 4) is 0 Å². The first-order chi connectivity index (χ1) is 28.7. The Kier molecular flexibility index (Phi) is 31.4. The van der Waals surface area contributed by atoms with Crippen LogP contribution in [-0.4, -0.2) is 75.8 Å². The fraction of sp³-hybridized carbons (Fsp3) is 0.771. The summed E-state index contributed by atoms with van der Waals surface area (Å²) in [6, 6.07) is 0. The van der Waals surface area contributed by atoms with E-state index in [0.717, 1.165) is 102 Å². The van der Waals surface area contributed by atoms with Crippen molar-refractivity contribution in [3.05, 3.63) is 47.0 Å². The Morgan fingerprint density at radius 1 is 0.667 bits per heavy atom. The summed E-state index contributed by atoms with van der Waals surface area (Å²) in [6.07, 6.45) is 30.0. The van der Waals surface area contributed by atoms with Crippen molar-refractivity contribution in [2.75, 3.05) is 47.5 Å². The average molecular weight is 866 g/mol.